The van der Waals surface area contributed by atoms with Gasteiger partial charge in [-0.25, -0.2) is 0 Å². The second-order valence-corrected chi connectivity index (χ2v) is 10.2. The fraction of sp³-hybridized carbons (Fsp3) is 0.538. The Morgan fingerprint density at radius 2 is 1.94 bits per heavy atom. The van der Waals surface area contributed by atoms with Crippen molar-refractivity contribution >= 4 is 23.1 Å². The van der Waals surface area contributed by atoms with Crippen molar-refractivity contribution in [3.63, 3.8) is 0 Å². The Kier molecular flexibility index (Phi) is 6.36. The standard InChI is InChI=1S/C26H34N2O7/c1-5-6-35-11-14-9-16(28(3)4)15-8-12-7-13-10-17(29)21(25(27)33)26(2,34)20(13)24(32)18(12)23(31)19(15)22(14)30/h9,12-13,20,29-31,34H,5-8,10-11H2,1-4H3,(H2,27,33). The molecule has 0 aromatic heterocycles. The Hall–Kier alpha value is -3.04. The molecular weight excluding hydrogens is 452 g/mol. The van der Waals surface area contributed by atoms with Crippen LogP contribution in [-0.2, 0) is 27.4 Å². The number of hydrogen-bond donors (Lipinski definition) is 5. The van der Waals surface area contributed by atoms with Crippen molar-refractivity contribution in [1.82, 2.24) is 0 Å². The Morgan fingerprint density at radius 3 is 2.54 bits per heavy atom. The Bertz CT molecular complexity index is 1150. The molecule has 1 aromatic rings. The van der Waals surface area contributed by atoms with Crippen LogP contribution in [0.3, 0.4) is 0 Å². The van der Waals surface area contributed by atoms with Gasteiger partial charge in [0.05, 0.1) is 23.7 Å². The maximum absolute atomic E-state index is 13.8. The summed E-state index contributed by atoms with van der Waals surface area (Å²) in [5.41, 5.74) is 5.44. The minimum absolute atomic E-state index is 0.0434. The first-order chi connectivity index (χ1) is 16.4. The molecule has 1 fully saturated rings. The van der Waals surface area contributed by atoms with Crippen molar-refractivity contribution in [3.05, 3.63) is 39.7 Å². The SMILES string of the molecule is CCCOCc1cc(N(C)C)c2c(c1O)C(O)=C1C(=O)C3C(CC(O)=C(C(N)=O)C3(C)O)CC1C2. The molecule has 0 heterocycles. The fourth-order valence-electron chi connectivity index (χ4n) is 6.23. The number of aliphatic hydroxyl groups is 3. The van der Waals surface area contributed by atoms with Crippen molar-refractivity contribution in [2.75, 3.05) is 25.6 Å². The number of hydrogen-bond acceptors (Lipinski definition) is 8. The van der Waals surface area contributed by atoms with E-state index in [0.717, 1.165) is 17.7 Å². The Balaban J connectivity index is 1.86. The van der Waals surface area contributed by atoms with Gasteiger partial charge in [0.15, 0.2) is 5.78 Å². The van der Waals surface area contributed by atoms with E-state index in [1.165, 1.54) is 6.92 Å². The van der Waals surface area contributed by atoms with E-state index in [-0.39, 0.29) is 52.9 Å². The number of phenols is 1. The van der Waals surface area contributed by atoms with Crippen LogP contribution in [0, 0.1) is 17.8 Å². The number of carbonyl (C=O) groups excluding carboxylic acids is 2. The zero-order chi connectivity index (χ0) is 25.8. The van der Waals surface area contributed by atoms with Crippen molar-refractivity contribution < 1.29 is 34.8 Å². The van der Waals surface area contributed by atoms with E-state index in [1.807, 2.05) is 32.0 Å². The quantitative estimate of drug-likeness (QED) is 0.384. The third-order valence-corrected chi connectivity index (χ3v) is 7.61. The van der Waals surface area contributed by atoms with E-state index in [2.05, 4.69) is 0 Å². The van der Waals surface area contributed by atoms with Gasteiger partial charge in [-0.1, -0.05) is 6.92 Å². The van der Waals surface area contributed by atoms with Crippen LogP contribution in [0.15, 0.2) is 23.0 Å². The number of primary amides is 1. The molecule has 190 valence electrons. The fourth-order valence-corrected chi connectivity index (χ4v) is 6.23. The maximum Gasteiger partial charge on any atom is 0.250 e. The highest BCUT2D eigenvalue weighted by atomic mass is 16.5. The number of nitrogens with two attached hydrogens (primary N) is 1. The number of anilines is 1. The van der Waals surface area contributed by atoms with E-state index in [1.54, 1.807) is 0 Å². The average Bonchev–Trinajstić information content (AvgIpc) is 2.73. The molecule has 1 aromatic carbocycles. The van der Waals surface area contributed by atoms with Gasteiger partial charge in [0.2, 0.25) is 0 Å². The van der Waals surface area contributed by atoms with E-state index >= 15 is 0 Å². The molecule has 6 N–H and O–H groups in total. The minimum atomic E-state index is -1.98. The van der Waals surface area contributed by atoms with Crippen molar-refractivity contribution in [2.45, 2.75) is 51.7 Å². The molecule has 1 amide bonds. The molecule has 9 heteroatoms. The van der Waals surface area contributed by atoms with Crippen LogP contribution in [-0.4, -0.2) is 58.4 Å². The average molecular weight is 487 g/mol. The number of carbonyl (C=O) groups is 2. The molecule has 9 nitrogen and oxygen atoms in total. The van der Waals surface area contributed by atoms with Gasteiger partial charge in [0.1, 0.15) is 22.9 Å². The van der Waals surface area contributed by atoms with Crippen LogP contribution in [0.4, 0.5) is 5.69 Å². The lowest BCUT2D eigenvalue weighted by atomic mass is 9.57. The summed E-state index contributed by atoms with van der Waals surface area (Å²) < 4.78 is 5.63. The number of nitrogens with zero attached hydrogens (tertiary/aromatic N) is 1. The van der Waals surface area contributed by atoms with Gasteiger partial charge in [-0.05, 0) is 49.7 Å². The molecule has 0 saturated heterocycles. The summed E-state index contributed by atoms with van der Waals surface area (Å²) >= 11 is 0. The monoisotopic (exact) mass is 486 g/mol. The predicted molar refractivity (Wildman–Crippen MR) is 130 cm³/mol. The highest BCUT2D eigenvalue weighted by Gasteiger charge is 2.57. The number of amides is 1. The maximum atomic E-state index is 13.8. The second kappa shape index (κ2) is 8.87. The third-order valence-electron chi connectivity index (χ3n) is 7.61. The lowest BCUT2D eigenvalue weighted by Crippen LogP contribution is -2.55. The van der Waals surface area contributed by atoms with Crippen LogP contribution in [0.2, 0.25) is 0 Å². The molecule has 35 heavy (non-hydrogen) atoms. The first-order valence-electron chi connectivity index (χ1n) is 12.0. The van der Waals surface area contributed by atoms with Gasteiger partial charge in [-0.15, -0.1) is 0 Å². The van der Waals surface area contributed by atoms with Gasteiger partial charge in [-0.2, -0.15) is 0 Å². The first-order valence-corrected chi connectivity index (χ1v) is 12.0. The number of rotatable bonds is 6. The lowest BCUT2D eigenvalue weighted by Gasteiger charge is -2.48. The summed E-state index contributed by atoms with van der Waals surface area (Å²) in [5.74, 6) is -4.08. The zero-order valence-electron chi connectivity index (χ0n) is 20.6. The summed E-state index contributed by atoms with van der Waals surface area (Å²) in [7, 11) is 3.74. The molecule has 1 saturated carbocycles. The predicted octanol–water partition coefficient (Wildman–Crippen LogP) is 2.48. The van der Waals surface area contributed by atoms with Crippen molar-refractivity contribution in [2.24, 2.45) is 23.5 Å². The van der Waals surface area contributed by atoms with E-state index < -0.39 is 29.1 Å². The third kappa shape index (κ3) is 3.87. The van der Waals surface area contributed by atoms with Gasteiger partial charge < -0.3 is 35.8 Å². The molecule has 3 aliphatic carbocycles. The number of ether oxygens (including phenoxy) is 1. The second-order valence-electron chi connectivity index (χ2n) is 10.2. The highest BCUT2D eigenvalue weighted by Crippen LogP contribution is 2.54. The molecule has 4 unspecified atom stereocenters. The first kappa shape index (κ1) is 25.1. The normalized spacial score (nSPS) is 27.9. The number of phenolic OH excluding ortho intramolecular Hbond substituents is 1. The van der Waals surface area contributed by atoms with E-state index in [9.17, 15) is 30.0 Å². The van der Waals surface area contributed by atoms with Gasteiger partial charge in [0, 0.05) is 43.9 Å². The number of aliphatic hydroxyl groups excluding tert-OH is 2. The number of fused-ring (bicyclic) bond motifs is 3. The molecule has 4 atom stereocenters. The molecule has 0 spiro atoms. The van der Waals surface area contributed by atoms with Crippen LogP contribution < -0.4 is 10.6 Å². The Morgan fingerprint density at radius 1 is 1.26 bits per heavy atom. The number of Topliss-reactive ketones (excluding diaryl/α,β-unsaturated/α-hetero) is 1. The largest absolute Gasteiger partial charge is 0.512 e. The van der Waals surface area contributed by atoms with Crippen LogP contribution in [0.25, 0.3) is 5.76 Å². The minimum Gasteiger partial charge on any atom is -0.512 e. The molecule has 0 radical (unpaired) electrons. The van der Waals surface area contributed by atoms with Gasteiger partial charge >= 0.3 is 0 Å². The van der Waals surface area contributed by atoms with Crippen LogP contribution in [0.5, 0.6) is 5.75 Å². The number of aromatic hydroxyl groups is 1. The summed E-state index contributed by atoms with van der Waals surface area (Å²) in [4.78, 5) is 27.7. The van der Waals surface area contributed by atoms with E-state index in [0.29, 0.717) is 25.0 Å². The summed E-state index contributed by atoms with van der Waals surface area (Å²) in [5, 5.41) is 44.2. The Labute approximate surface area is 204 Å². The van der Waals surface area contributed by atoms with Gasteiger partial charge in [-0.3, -0.25) is 9.59 Å². The smallest absolute Gasteiger partial charge is 0.250 e. The topological polar surface area (TPSA) is 154 Å². The summed E-state index contributed by atoms with van der Waals surface area (Å²) in [6.07, 6.45) is 1.67. The number of benzene rings is 1. The van der Waals surface area contributed by atoms with Crippen LogP contribution >= 0.6 is 0 Å². The number of ketones is 1. The summed E-state index contributed by atoms with van der Waals surface area (Å²) in [6, 6.07) is 1.84. The number of allylic oxidation sites excluding steroid dienone is 2. The highest BCUT2D eigenvalue weighted by molar-refractivity contribution is 6.08. The van der Waals surface area contributed by atoms with E-state index in [4.69, 9.17) is 10.5 Å². The summed E-state index contributed by atoms with van der Waals surface area (Å²) in [6.45, 7) is 3.95. The van der Waals surface area contributed by atoms with Gasteiger partial charge in [0.25, 0.3) is 5.91 Å². The van der Waals surface area contributed by atoms with Crippen molar-refractivity contribution in [3.8, 4) is 5.75 Å². The zero-order valence-corrected chi connectivity index (χ0v) is 20.6. The molecule has 3 aliphatic rings. The lowest BCUT2D eigenvalue weighted by molar-refractivity contribution is -0.136. The van der Waals surface area contributed by atoms with Crippen molar-refractivity contribution in [1.29, 1.82) is 0 Å². The molecule has 4 rings (SSSR count). The molecule has 0 aliphatic heterocycles. The molecular formula is C26H34N2O7. The van der Waals surface area contributed by atoms with Crippen LogP contribution in [0.1, 0.15) is 49.8 Å². The molecule has 0 bridgehead atoms.